The molecule has 3 heteroatoms. The maximum absolute atomic E-state index is 10.9. The van der Waals surface area contributed by atoms with Crippen LogP contribution >= 0.6 is 0 Å². The van der Waals surface area contributed by atoms with E-state index in [1.165, 1.54) is 19.3 Å². The fraction of sp³-hybridized carbons (Fsp3) is 1.00. The Morgan fingerprint density at radius 1 is 0.818 bits per heavy atom. The van der Waals surface area contributed by atoms with Crippen LogP contribution in [-0.4, -0.2) is 28.5 Å². The minimum absolute atomic E-state index is 0.106. The zero-order valence-corrected chi connectivity index (χ0v) is 14.2. The van der Waals surface area contributed by atoms with Crippen molar-refractivity contribution < 1.29 is 10.2 Å². The van der Waals surface area contributed by atoms with Gasteiger partial charge in [0.25, 0.3) is 0 Å². The van der Waals surface area contributed by atoms with Gasteiger partial charge in [-0.25, -0.2) is 0 Å². The highest BCUT2D eigenvalue weighted by molar-refractivity contribution is 5.11. The Morgan fingerprint density at radius 3 is 2.27 bits per heavy atom. The largest absolute Gasteiger partial charge is 0.393 e. The molecule has 0 amide bonds. The van der Waals surface area contributed by atoms with Crippen LogP contribution in [0.3, 0.4) is 0 Å². The molecule has 1 unspecified atom stereocenters. The van der Waals surface area contributed by atoms with Crippen molar-refractivity contribution in [3.05, 3.63) is 0 Å². The maximum Gasteiger partial charge on any atom is 0.0596 e. The van der Waals surface area contributed by atoms with Crippen LogP contribution in [0.4, 0.5) is 0 Å². The molecule has 9 atom stereocenters. The van der Waals surface area contributed by atoms with E-state index in [-0.39, 0.29) is 29.1 Å². The van der Waals surface area contributed by atoms with Crippen molar-refractivity contribution in [1.82, 2.24) is 0 Å². The van der Waals surface area contributed by atoms with Gasteiger partial charge < -0.3 is 15.9 Å². The molecular weight excluding hydrogens is 274 g/mol. The van der Waals surface area contributed by atoms with Gasteiger partial charge in [-0.1, -0.05) is 13.8 Å². The van der Waals surface area contributed by atoms with Crippen LogP contribution in [0.2, 0.25) is 0 Å². The normalized spacial score (nSPS) is 61.2. The minimum Gasteiger partial charge on any atom is -0.393 e. The van der Waals surface area contributed by atoms with Crippen LogP contribution in [0, 0.1) is 34.5 Å². The second-order valence-electron chi connectivity index (χ2n) is 9.46. The first-order valence-electron chi connectivity index (χ1n) is 9.48. The summed E-state index contributed by atoms with van der Waals surface area (Å²) >= 11 is 0. The second-order valence-corrected chi connectivity index (χ2v) is 9.46. The molecular formula is C19H33NO2. The lowest BCUT2D eigenvalue weighted by molar-refractivity contribution is -0.164. The lowest BCUT2D eigenvalue weighted by atomic mass is 9.44. The predicted molar refractivity (Wildman–Crippen MR) is 87.1 cm³/mol. The Balaban J connectivity index is 1.66. The van der Waals surface area contributed by atoms with Crippen LogP contribution in [0.1, 0.15) is 65.2 Å². The van der Waals surface area contributed by atoms with Gasteiger partial charge in [0.15, 0.2) is 0 Å². The summed E-state index contributed by atoms with van der Waals surface area (Å²) < 4.78 is 0. The van der Waals surface area contributed by atoms with Gasteiger partial charge in [-0.2, -0.15) is 0 Å². The molecule has 3 nitrogen and oxygen atoms in total. The lowest BCUT2D eigenvalue weighted by Crippen LogP contribution is -2.59. The van der Waals surface area contributed by atoms with Crippen molar-refractivity contribution in [1.29, 1.82) is 0 Å². The van der Waals surface area contributed by atoms with Gasteiger partial charge in [0, 0.05) is 6.04 Å². The van der Waals surface area contributed by atoms with E-state index in [4.69, 9.17) is 5.73 Å². The van der Waals surface area contributed by atoms with Crippen LogP contribution in [0.15, 0.2) is 0 Å². The number of rotatable bonds is 0. The molecule has 0 aromatic carbocycles. The van der Waals surface area contributed by atoms with Crippen LogP contribution < -0.4 is 5.73 Å². The molecule has 4 fully saturated rings. The standard InChI is InChI=1S/C19H33NO2/c1-18-7-5-11(20)9-15(18)16(21)10-12-13-3-4-17(22)19(13,2)8-6-14(12)18/h11-17,21-22H,3-10,20H2,1-2H3/t11-,12+,13+,14+,15?,16+,17+,18-,19+/m1/s1. The molecule has 0 spiro atoms. The zero-order chi connectivity index (χ0) is 15.7. The Kier molecular flexibility index (Phi) is 3.46. The Hall–Kier alpha value is -0.120. The zero-order valence-electron chi connectivity index (χ0n) is 14.2. The monoisotopic (exact) mass is 307 g/mol. The third-order valence-electron chi connectivity index (χ3n) is 8.67. The van der Waals surface area contributed by atoms with E-state index in [2.05, 4.69) is 13.8 Å². The molecule has 126 valence electrons. The molecule has 0 radical (unpaired) electrons. The van der Waals surface area contributed by atoms with Crippen molar-refractivity contribution in [3.8, 4) is 0 Å². The quantitative estimate of drug-likeness (QED) is 0.644. The van der Waals surface area contributed by atoms with E-state index in [0.717, 1.165) is 38.0 Å². The molecule has 0 heterocycles. The molecule has 4 rings (SSSR count). The van der Waals surface area contributed by atoms with Crippen molar-refractivity contribution in [3.63, 3.8) is 0 Å². The van der Waals surface area contributed by atoms with Gasteiger partial charge in [0.1, 0.15) is 0 Å². The van der Waals surface area contributed by atoms with Crippen LogP contribution in [-0.2, 0) is 0 Å². The SMILES string of the molecule is C[C@]12CC[C@H]3[C@@H](C[C@H](O)C4C[C@H](N)CC[C@@]43C)[C@@H]1CC[C@@H]2O. The molecule has 4 aliphatic carbocycles. The summed E-state index contributed by atoms with van der Waals surface area (Å²) in [5.74, 6) is 2.36. The van der Waals surface area contributed by atoms with E-state index in [9.17, 15) is 10.2 Å². The topological polar surface area (TPSA) is 66.5 Å². The number of aliphatic hydroxyl groups is 2. The van der Waals surface area contributed by atoms with Gasteiger partial charge >= 0.3 is 0 Å². The number of hydrogen-bond acceptors (Lipinski definition) is 3. The van der Waals surface area contributed by atoms with Crippen LogP contribution in [0.25, 0.3) is 0 Å². The predicted octanol–water partition coefficient (Wildman–Crippen LogP) is 2.69. The van der Waals surface area contributed by atoms with Gasteiger partial charge in [-0.05, 0) is 85.9 Å². The molecule has 0 aromatic heterocycles. The smallest absolute Gasteiger partial charge is 0.0596 e. The molecule has 4 aliphatic rings. The average Bonchev–Trinajstić information content (AvgIpc) is 2.77. The fourth-order valence-corrected chi connectivity index (χ4v) is 7.30. The maximum atomic E-state index is 10.9. The lowest BCUT2D eigenvalue weighted by Gasteiger charge is -2.62. The summed E-state index contributed by atoms with van der Waals surface area (Å²) in [6.45, 7) is 4.75. The van der Waals surface area contributed by atoms with Crippen molar-refractivity contribution in [2.75, 3.05) is 0 Å². The third kappa shape index (κ3) is 1.91. The highest BCUT2D eigenvalue weighted by atomic mass is 16.3. The van der Waals surface area contributed by atoms with E-state index in [0.29, 0.717) is 17.8 Å². The van der Waals surface area contributed by atoms with E-state index in [1.54, 1.807) is 0 Å². The van der Waals surface area contributed by atoms with Crippen molar-refractivity contribution in [2.45, 2.75) is 83.5 Å². The first kappa shape index (κ1) is 15.4. The summed E-state index contributed by atoms with van der Waals surface area (Å²) in [5.41, 5.74) is 6.59. The number of fused-ring (bicyclic) bond motifs is 5. The molecule has 0 bridgehead atoms. The Bertz CT molecular complexity index is 455. The first-order chi connectivity index (χ1) is 10.4. The molecule has 0 aliphatic heterocycles. The molecule has 0 saturated heterocycles. The Morgan fingerprint density at radius 2 is 1.50 bits per heavy atom. The Labute approximate surface area is 134 Å². The highest BCUT2D eigenvalue weighted by Gasteiger charge is 2.61. The van der Waals surface area contributed by atoms with Gasteiger partial charge in [-0.15, -0.1) is 0 Å². The average molecular weight is 307 g/mol. The van der Waals surface area contributed by atoms with E-state index in [1.807, 2.05) is 0 Å². The second kappa shape index (κ2) is 4.94. The third-order valence-corrected chi connectivity index (χ3v) is 8.67. The molecule has 0 aromatic rings. The first-order valence-corrected chi connectivity index (χ1v) is 9.48. The highest BCUT2D eigenvalue weighted by Crippen LogP contribution is 2.66. The van der Waals surface area contributed by atoms with E-state index >= 15 is 0 Å². The summed E-state index contributed by atoms with van der Waals surface area (Å²) in [7, 11) is 0. The van der Waals surface area contributed by atoms with Crippen LogP contribution in [0.5, 0.6) is 0 Å². The van der Waals surface area contributed by atoms with Gasteiger partial charge in [0.05, 0.1) is 12.2 Å². The molecule has 4 N–H and O–H groups in total. The summed E-state index contributed by atoms with van der Waals surface area (Å²) in [6, 6.07) is 0.284. The molecule has 4 saturated carbocycles. The summed E-state index contributed by atoms with van der Waals surface area (Å²) in [5, 5.41) is 21.4. The summed E-state index contributed by atoms with van der Waals surface area (Å²) in [6.07, 6.45) is 8.48. The van der Waals surface area contributed by atoms with Gasteiger partial charge in [0.2, 0.25) is 0 Å². The fourth-order valence-electron chi connectivity index (χ4n) is 7.30. The number of aliphatic hydroxyl groups excluding tert-OH is 2. The summed E-state index contributed by atoms with van der Waals surface area (Å²) in [4.78, 5) is 0. The van der Waals surface area contributed by atoms with Crippen molar-refractivity contribution >= 4 is 0 Å². The van der Waals surface area contributed by atoms with Crippen molar-refractivity contribution in [2.24, 2.45) is 40.2 Å². The van der Waals surface area contributed by atoms with E-state index < -0.39 is 0 Å². The van der Waals surface area contributed by atoms with Gasteiger partial charge in [-0.3, -0.25) is 0 Å². The molecule has 22 heavy (non-hydrogen) atoms. The number of nitrogens with two attached hydrogens (primary N) is 1. The minimum atomic E-state index is -0.183. The number of hydrogen-bond donors (Lipinski definition) is 3.